The third-order valence-electron chi connectivity index (χ3n) is 2.82. The lowest BCUT2D eigenvalue weighted by Gasteiger charge is -2.13. The number of hydrogen-bond donors (Lipinski definition) is 1. The fourth-order valence-corrected chi connectivity index (χ4v) is 3.90. The van der Waals surface area contributed by atoms with Crippen LogP contribution in [0.2, 0.25) is 0 Å². The quantitative estimate of drug-likeness (QED) is 0.791. The van der Waals surface area contributed by atoms with E-state index in [9.17, 15) is 0 Å². The van der Waals surface area contributed by atoms with Gasteiger partial charge in [0.15, 0.2) is 0 Å². The second-order valence-electron chi connectivity index (χ2n) is 4.05. The molecular formula is C13H13Br2NS. The molecule has 0 spiro atoms. The molecule has 90 valence electrons. The Hall–Kier alpha value is -0.160. The van der Waals surface area contributed by atoms with Crippen LogP contribution in [-0.2, 0) is 0 Å². The summed E-state index contributed by atoms with van der Waals surface area (Å²) in [4.78, 5) is 1.26. The van der Waals surface area contributed by atoms with Gasteiger partial charge in [-0.15, -0.1) is 11.3 Å². The maximum absolute atomic E-state index is 6.31. The molecule has 0 aliphatic rings. The highest BCUT2D eigenvalue weighted by Gasteiger charge is 2.14. The maximum Gasteiger partial charge on any atom is 0.0704 e. The molecule has 17 heavy (non-hydrogen) atoms. The van der Waals surface area contributed by atoms with Gasteiger partial charge in [-0.25, -0.2) is 0 Å². The zero-order chi connectivity index (χ0) is 12.6. The van der Waals surface area contributed by atoms with Crippen molar-refractivity contribution in [2.24, 2.45) is 5.73 Å². The van der Waals surface area contributed by atoms with Crippen LogP contribution in [0.25, 0.3) is 0 Å². The Bertz CT molecular complexity index is 548. The standard InChI is InChI=1S/C13H13Br2NS/c1-7-3-4-9(5-11(7)14)13(16)10-6-12(15)17-8(10)2/h3-6,13H,16H2,1-2H3. The van der Waals surface area contributed by atoms with Crippen molar-refractivity contribution in [3.8, 4) is 0 Å². The summed E-state index contributed by atoms with van der Waals surface area (Å²) in [5.41, 5.74) is 9.87. The monoisotopic (exact) mass is 373 g/mol. The number of nitrogens with two attached hydrogens (primary N) is 1. The average Bonchev–Trinajstić information content (AvgIpc) is 2.61. The fraction of sp³-hybridized carbons (Fsp3) is 0.231. The molecular weight excluding hydrogens is 362 g/mol. The molecule has 1 aromatic heterocycles. The van der Waals surface area contributed by atoms with E-state index in [-0.39, 0.29) is 6.04 Å². The number of thiophene rings is 1. The third kappa shape index (κ3) is 2.81. The van der Waals surface area contributed by atoms with Crippen LogP contribution in [0, 0.1) is 13.8 Å². The van der Waals surface area contributed by atoms with Crippen LogP contribution in [0.4, 0.5) is 0 Å². The van der Waals surface area contributed by atoms with Gasteiger partial charge in [0, 0.05) is 9.35 Å². The van der Waals surface area contributed by atoms with Crippen molar-refractivity contribution in [2.45, 2.75) is 19.9 Å². The Morgan fingerprint density at radius 3 is 2.41 bits per heavy atom. The smallest absolute Gasteiger partial charge is 0.0704 e. The van der Waals surface area contributed by atoms with Crippen molar-refractivity contribution >= 4 is 43.2 Å². The second kappa shape index (κ2) is 5.22. The number of benzene rings is 1. The molecule has 0 amide bonds. The van der Waals surface area contributed by atoms with E-state index in [1.807, 2.05) is 0 Å². The Kier molecular flexibility index (Phi) is 4.08. The van der Waals surface area contributed by atoms with Gasteiger partial charge in [-0.05, 0) is 58.6 Å². The van der Waals surface area contributed by atoms with Gasteiger partial charge < -0.3 is 5.73 Å². The van der Waals surface area contributed by atoms with Crippen LogP contribution in [0.5, 0.6) is 0 Å². The summed E-state index contributed by atoms with van der Waals surface area (Å²) in [5.74, 6) is 0. The van der Waals surface area contributed by atoms with Crippen LogP contribution in [-0.4, -0.2) is 0 Å². The van der Waals surface area contributed by atoms with Crippen molar-refractivity contribution in [3.63, 3.8) is 0 Å². The predicted octanol–water partition coefficient (Wildman–Crippen LogP) is 4.94. The zero-order valence-electron chi connectivity index (χ0n) is 9.63. The summed E-state index contributed by atoms with van der Waals surface area (Å²) in [6, 6.07) is 8.34. The van der Waals surface area contributed by atoms with E-state index in [4.69, 9.17) is 5.73 Å². The first-order valence-electron chi connectivity index (χ1n) is 5.26. The molecule has 1 unspecified atom stereocenters. The minimum Gasteiger partial charge on any atom is -0.320 e. The van der Waals surface area contributed by atoms with Crippen LogP contribution < -0.4 is 5.73 Å². The van der Waals surface area contributed by atoms with Gasteiger partial charge in [-0.2, -0.15) is 0 Å². The van der Waals surface area contributed by atoms with Gasteiger partial charge in [-0.3, -0.25) is 0 Å². The van der Waals surface area contributed by atoms with Crippen LogP contribution in [0.1, 0.15) is 27.6 Å². The molecule has 2 aromatic rings. The third-order valence-corrected chi connectivity index (χ3v) is 5.24. The predicted molar refractivity (Wildman–Crippen MR) is 81.7 cm³/mol. The van der Waals surface area contributed by atoms with Gasteiger partial charge in [0.05, 0.1) is 9.83 Å². The highest BCUT2D eigenvalue weighted by Crippen LogP contribution is 2.33. The number of rotatable bonds is 2. The molecule has 0 fully saturated rings. The Morgan fingerprint density at radius 2 is 1.88 bits per heavy atom. The van der Waals surface area contributed by atoms with Crippen molar-refractivity contribution in [1.82, 2.24) is 0 Å². The number of aryl methyl sites for hydroxylation is 2. The van der Waals surface area contributed by atoms with E-state index in [1.165, 1.54) is 16.0 Å². The van der Waals surface area contributed by atoms with Crippen LogP contribution in [0.15, 0.2) is 32.5 Å². The fourth-order valence-electron chi connectivity index (χ4n) is 1.75. The topological polar surface area (TPSA) is 26.0 Å². The first kappa shape index (κ1) is 13.3. The van der Waals surface area contributed by atoms with E-state index in [0.717, 1.165) is 13.8 Å². The van der Waals surface area contributed by atoms with Gasteiger partial charge in [-0.1, -0.05) is 28.1 Å². The van der Waals surface area contributed by atoms with Gasteiger partial charge in [0.2, 0.25) is 0 Å². The van der Waals surface area contributed by atoms with Crippen LogP contribution in [0.3, 0.4) is 0 Å². The molecule has 0 saturated carbocycles. The maximum atomic E-state index is 6.31. The first-order chi connectivity index (χ1) is 7.99. The molecule has 2 N–H and O–H groups in total. The molecule has 1 aromatic carbocycles. The van der Waals surface area contributed by atoms with E-state index in [0.29, 0.717) is 0 Å². The molecule has 1 nitrogen and oxygen atoms in total. The van der Waals surface area contributed by atoms with Crippen molar-refractivity contribution in [3.05, 3.63) is 54.1 Å². The summed E-state index contributed by atoms with van der Waals surface area (Å²) < 4.78 is 2.24. The molecule has 4 heteroatoms. The summed E-state index contributed by atoms with van der Waals surface area (Å²) in [6.45, 7) is 4.18. The molecule has 1 atom stereocenters. The largest absolute Gasteiger partial charge is 0.320 e. The Morgan fingerprint density at radius 1 is 1.18 bits per heavy atom. The van der Waals surface area contributed by atoms with E-state index < -0.39 is 0 Å². The lowest BCUT2D eigenvalue weighted by Crippen LogP contribution is -2.12. The first-order valence-corrected chi connectivity index (χ1v) is 7.66. The highest BCUT2D eigenvalue weighted by atomic mass is 79.9. The zero-order valence-corrected chi connectivity index (χ0v) is 13.6. The molecule has 0 radical (unpaired) electrons. The second-order valence-corrected chi connectivity index (χ2v) is 7.54. The van der Waals surface area contributed by atoms with E-state index >= 15 is 0 Å². The van der Waals surface area contributed by atoms with E-state index in [2.05, 4.69) is 70.0 Å². The molecule has 2 rings (SSSR count). The summed E-state index contributed by atoms with van der Waals surface area (Å²) in [7, 11) is 0. The van der Waals surface area contributed by atoms with Gasteiger partial charge >= 0.3 is 0 Å². The highest BCUT2D eigenvalue weighted by molar-refractivity contribution is 9.11. The van der Waals surface area contributed by atoms with Gasteiger partial charge in [0.1, 0.15) is 0 Å². The Balaban J connectivity index is 2.40. The average molecular weight is 375 g/mol. The number of halogens is 2. The van der Waals surface area contributed by atoms with Crippen molar-refractivity contribution < 1.29 is 0 Å². The SMILES string of the molecule is Cc1ccc(C(N)c2cc(Br)sc2C)cc1Br. The molecule has 0 saturated heterocycles. The minimum atomic E-state index is -0.0607. The van der Waals surface area contributed by atoms with Crippen molar-refractivity contribution in [1.29, 1.82) is 0 Å². The minimum absolute atomic E-state index is 0.0607. The molecule has 1 heterocycles. The lowest BCUT2D eigenvalue weighted by atomic mass is 9.99. The van der Waals surface area contributed by atoms with Gasteiger partial charge in [0.25, 0.3) is 0 Å². The van der Waals surface area contributed by atoms with E-state index in [1.54, 1.807) is 11.3 Å². The molecule has 0 aliphatic carbocycles. The van der Waals surface area contributed by atoms with Crippen LogP contribution >= 0.6 is 43.2 Å². The summed E-state index contributed by atoms with van der Waals surface area (Å²) in [6.07, 6.45) is 0. The molecule has 0 bridgehead atoms. The normalized spacial score (nSPS) is 12.8. The summed E-state index contributed by atoms with van der Waals surface area (Å²) in [5, 5.41) is 0. The van der Waals surface area contributed by atoms with Crippen molar-refractivity contribution in [2.75, 3.05) is 0 Å². The molecule has 0 aliphatic heterocycles. The summed E-state index contributed by atoms with van der Waals surface area (Å²) >= 11 is 8.78. The Labute approximate surface area is 122 Å². The number of hydrogen-bond acceptors (Lipinski definition) is 2. The lowest BCUT2D eigenvalue weighted by molar-refractivity contribution is 0.867.